The summed E-state index contributed by atoms with van der Waals surface area (Å²) in [6.07, 6.45) is 2.61. The van der Waals surface area contributed by atoms with Gasteiger partial charge in [-0.3, -0.25) is 31.1 Å². The van der Waals surface area contributed by atoms with Gasteiger partial charge < -0.3 is 0 Å². The average molecular weight is 542 g/mol. The number of hydrogen-bond acceptors (Lipinski definition) is 8. The number of halogens is 4. The molecule has 0 radical (unpaired) electrons. The topological polar surface area (TPSA) is 135 Å². The normalized spacial score (nSPS) is 11.2. The molecule has 0 fully saturated rings. The molecule has 0 aliphatic heterocycles. The van der Waals surface area contributed by atoms with Gasteiger partial charge in [-0.1, -0.05) is 46.4 Å². The predicted octanol–water partition coefficient (Wildman–Crippen LogP) is 7.01. The standard InChI is InChI=1S/C20H12Cl4N6O4/c21-17-15(9-25-27-11-1-5-13(6-2-11)29(31)32)18(22)20(24)16(19(17)23)10-26-28-12-3-7-14(8-4-12)30(33)34/h1-10,27-28H/b25-9+,26-10?. The van der Waals surface area contributed by atoms with Gasteiger partial charge in [0.05, 0.1) is 53.7 Å². The van der Waals surface area contributed by atoms with Gasteiger partial charge in [-0.05, 0) is 24.3 Å². The Labute approximate surface area is 212 Å². The van der Waals surface area contributed by atoms with Crippen molar-refractivity contribution < 1.29 is 9.85 Å². The fraction of sp³-hybridized carbons (Fsp3) is 0. The van der Waals surface area contributed by atoms with Crippen molar-refractivity contribution in [1.29, 1.82) is 0 Å². The van der Waals surface area contributed by atoms with Crippen molar-refractivity contribution in [1.82, 2.24) is 0 Å². The Morgan fingerprint density at radius 1 is 0.618 bits per heavy atom. The van der Waals surface area contributed by atoms with E-state index in [0.29, 0.717) is 11.4 Å². The van der Waals surface area contributed by atoms with Crippen LogP contribution in [-0.4, -0.2) is 22.3 Å². The molecule has 14 heteroatoms. The average Bonchev–Trinajstić information content (AvgIpc) is 2.82. The molecule has 0 bridgehead atoms. The fourth-order valence-electron chi connectivity index (χ4n) is 2.55. The summed E-state index contributed by atoms with van der Waals surface area (Å²) in [4.78, 5) is 20.4. The highest BCUT2D eigenvalue weighted by Crippen LogP contribution is 2.39. The highest BCUT2D eigenvalue weighted by Gasteiger charge is 2.18. The van der Waals surface area contributed by atoms with Gasteiger partial charge in [-0.15, -0.1) is 0 Å². The molecule has 174 valence electrons. The number of hydrazone groups is 2. The predicted molar refractivity (Wildman–Crippen MR) is 135 cm³/mol. The van der Waals surface area contributed by atoms with Gasteiger partial charge >= 0.3 is 0 Å². The second-order valence-corrected chi connectivity index (χ2v) is 7.94. The van der Waals surface area contributed by atoms with Crippen LogP contribution in [0.25, 0.3) is 0 Å². The summed E-state index contributed by atoms with van der Waals surface area (Å²) in [6.45, 7) is 0. The quantitative estimate of drug-likeness (QED) is 0.136. The van der Waals surface area contributed by atoms with E-state index in [4.69, 9.17) is 46.4 Å². The highest BCUT2D eigenvalue weighted by molar-refractivity contribution is 6.51. The Kier molecular flexibility index (Phi) is 8.24. The van der Waals surface area contributed by atoms with Gasteiger partial charge in [-0.25, -0.2) is 0 Å². The second-order valence-electron chi connectivity index (χ2n) is 6.43. The summed E-state index contributed by atoms with van der Waals surface area (Å²) in [5.41, 5.74) is 6.75. The zero-order chi connectivity index (χ0) is 24.8. The van der Waals surface area contributed by atoms with E-state index < -0.39 is 9.85 Å². The van der Waals surface area contributed by atoms with Crippen molar-refractivity contribution in [2.45, 2.75) is 0 Å². The second kappa shape index (κ2) is 11.1. The molecule has 0 spiro atoms. The lowest BCUT2D eigenvalue weighted by atomic mass is 10.1. The Balaban J connectivity index is 1.76. The molecule has 0 aliphatic rings. The van der Waals surface area contributed by atoms with E-state index in [0.717, 1.165) is 0 Å². The molecule has 3 rings (SSSR count). The van der Waals surface area contributed by atoms with Crippen molar-refractivity contribution in [3.05, 3.63) is 100.0 Å². The molecule has 0 atom stereocenters. The van der Waals surface area contributed by atoms with Gasteiger partial charge in [0.2, 0.25) is 0 Å². The minimum Gasteiger partial charge on any atom is -0.278 e. The molecular weight excluding hydrogens is 530 g/mol. The first-order chi connectivity index (χ1) is 16.2. The van der Waals surface area contributed by atoms with Crippen LogP contribution < -0.4 is 10.9 Å². The number of nitrogens with one attached hydrogen (secondary N) is 2. The maximum absolute atomic E-state index is 10.7. The summed E-state index contributed by atoms with van der Waals surface area (Å²) in [5.74, 6) is 0. The molecule has 10 nitrogen and oxygen atoms in total. The smallest absolute Gasteiger partial charge is 0.269 e. The third-order valence-electron chi connectivity index (χ3n) is 4.26. The van der Waals surface area contributed by atoms with Crippen molar-refractivity contribution >= 4 is 81.6 Å². The minimum absolute atomic E-state index is 0.0560. The van der Waals surface area contributed by atoms with Crippen molar-refractivity contribution in [2.75, 3.05) is 10.9 Å². The number of hydrogen-bond donors (Lipinski definition) is 2. The number of non-ortho nitro benzene ring substituents is 2. The molecule has 2 N–H and O–H groups in total. The van der Waals surface area contributed by atoms with Crippen molar-refractivity contribution in [3.8, 4) is 0 Å². The van der Waals surface area contributed by atoms with Crippen LogP contribution in [0.15, 0.2) is 58.7 Å². The van der Waals surface area contributed by atoms with E-state index in [1.807, 2.05) is 0 Å². The van der Waals surface area contributed by atoms with Crippen LogP contribution >= 0.6 is 46.4 Å². The van der Waals surface area contributed by atoms with Gasteiger partial charge in [0.15, 0.2) is 0 Å². The summed E-state index contributed by atoms with van der Waals surface area (Å²) >= 11 is 25.4. The zero-order valence-electron chi connectivity index (χ0n) is 16.7. The SMILES string of the molecule is O=[N+]([O-])c1ccc(NN=Cc2c(Cl)c(Cl)c(/C=N/Nc3ccc([N+](=O)[O-])cc3)c(Cl)c2Cl)cc1. The molecule has 34 heavy (non-hydrogen) atoms. The molecule has 3 aromatic carbocycles. The number of rotatable bonds is 8. The zero-order valence-corrected chi connectivity index (χ0v) is 19.7. The van der Waals surface area contributed by atoms with Gasteiger partial charge in [0.1, 0.15) is 0 Å². The van der Waals surface area contributed by atoms with E-state index in [1.54, 1.807) is 0 Å². The molecule has 0 amide bonds. The van der Waals surface area contributed by atoms with Crippen LogP contribution in [0.5, 0.6) is 0 Å². The fourth-order valence-corrected chi connectivity index (χ4v) is 3.63. The van der Waals surface area contributed by atoms with Crippen LogP contribution in [0.1, 0.15) is 11.1 Å². The van der Waals surface area contributed by atoms with Crippen LogP contribution in [0.4, 0.5) is 22.7 Å². The third kappa shape index (κ3) is 5.91. The van der Waals surface area contributed by atoms with E-state index in [-0.39, 0.29) is 42.6 Å². The Morgan fingerprint density at radius 3 is 1.18 bits per heavy atom. The van der Waals surface area contributed by atoms with E-state index in [9.17, 15) is 20.2 Å². The maximum Gasteiger partial charge on any atom is 0.269 e. The summed E-state index contributed by atoms with van der Waals surface area (Å²) in [5, 5.41) is 29.7. The molecule has 3 aromatic rings. The molecule has 0 aromatic heterocycles. The van der Waals surface area contributed by atoms with Gasteiger partial charge in [0.25, 0.3) is 11.4 Å². The summed E-state index contributed by atoms with van der Waals surface area (Å²) in [7, 11) is 0. The largest absolute Gasteiger partial charge is 0.278 e. The molecule has 0 heterocycles. The van der Waals surface area contributed by atoms with Crippen LogP contribution in [0, 0.1) is 20.2 Å². The van der Waals surface area contributed by atoms with E-state index in [1.165, 1.54) is 61.0 Å². The van der Waals surface area contributed by atoms with Crippen molar-refractivity contribution in [2.24, 2.45) is 10.2 Å². The lowest BCUT2D eigenvalue weighted by Crippen LogP contribution is -1.98. The van der Waals surface area contributed by atoms with Gasteiger partial charge in [0, 0.05) is 35.4 Å². The minimum atomic E-state index is -0.511. The van der Waals surface area contributed by atoms with Crippen molar-refractivity contribution in [3.63, 3.8) is 0 Å². The third-order valence-corrected chi connectivity index (χ3v) is 6.03. The lowest BCUT2D eigenvalue weighted by Gasteiger charge is -2.11. The van der Waals surface area contributed by atoms with Crippen LogP contribution in [-0.2, 0) is 0 Å². The van der Waals surface area contributed by atoms with Crippen LogP contribution in [0.3, 0.4) is 0 Å². The van der Waals surface area contributed by atoms with E-state index in [2.05, 4.69) is 21.1 Å². The first-order valence-corrected chi connectivity index (χ1v) is 10.6. The highest BCUT2D eigenvalue weighted by atomic mass is 35.5. The van der Waals surface area contributed by atoms with Crippen LogP contribution in [0.2, 0.25) is 20.1 Å². The number of nitrogens with zero attached hydrogens (tertiary/aromatic N) is 4. The maximum atomic E-state index is 10.7. The monoisotopic (exact) mass is 540 g/mol. The Morgan fingerprint density at radius 2 is 0.912 bits per heavy atom. The van der Waals surface area contributed by atoms with Gasteiger partial charge in [-0.2, -0.15) is 10.2 Å². The number of anilines is 2. The Bertz CT molecular complexity index is 1170. The first-order valence-electron chi connectivity index (χ1n) is 9.12. The summed E-state index contributed by atoms with van der Waals surface area (Å²) < 4.78 is 0. The number of benzene rings is 3. The first kappa shape index (κ1) is 25.2. The molecule has 0 aliphatic carbocycles. The molecule has 0 saturated carbocycles. The summed E-state index contributed by atoms with van der Waals surface area (Å²) in [6, 6.07) is 11.2. The van der Waals surface area contributed by atoms with E-state index >= 15 is 0 Å². The Hall–Kier alpha value is -3.44. The lowest BCUT2D eigenvalue weighted by molar-refractivity contribution is -0.385. The molecular formula is C20H12Cl4N6O4. The molecule has 0 unspecified atom stereocenters. The molecule has 0 saturated heterocycles. The number of nitro benzene ring substituents is 2. The number of nitro groups is 2.